The van der Waals surface area contributed by atoms with Crippen molar-refractivity contribution in [2.24, 2.45) is 0 Å². The predicted octanol–water partition coefficient (Wildman–Crippen LogP) is 3.46. The number of carbonyl (C=O) groups is 2. The molecule has 0 unspecified atom stereocenters. The van der Waals surface area contributed by atoms with Gasteiger partial charge in [0.05, 0.1) is 12.2 Å². The molecule has 0 atom stereocenters. The van der Waals surface area contributed by atoms with Crippen LogP contribution in [0.3, 0.4) is 0 Å². The van der Waals surface area contributed by atoms with E-state index in [-0.39, 0.29) is 6.61 Å². The second kappa shape index (κ2) is 10.7. The number of nitrogens with one attached hydrogen (secondary N) is 2. The van der Waals surface area contributed by atoms with Gasteiger partial charge in [0.15, 0.2) is 6.61 Å². The minimum absolute atomic E-state index is 0.210. The lowest BCUT2D eigenvalue weighted by atomic mass is 10.1. The number of hydrazine groups is 1. The maximum atomic E-state index is 12.5. The van der Waals surface area contributed by atoms with Crippen molar-refractivity contribution >= 4 is 11.8 Å². The third-order valence-electron chi connectivity index (χ3n) is 4.33. The number of hydrogen-bond donors (Lipinski definition) is 2. The van der Waals surface area contributed by atoms with Crippen molar-refractivity contribution in [1.29, 1.82) is 0 Å². The Balaban J connectivity index is 1.47. The van der Waals surface area contributed by atoms with Gasteiger partial charge >= 0.3 is 0 Å². The number of hydrogen-bond acceptors (Lipinski definition) is 4. The minimum atomic E-state index is -0.466. The zero-order valence-electron chi connectivity index (χ0n) is 16.8. The largest absolute Gasteiger partial charge is 0.492 e. The van der Waals surface area contributed by atoms with E-state index in [1.54, 1.807) is 36.4 Å². The molecule has 0 bridgehead atoms. The van der Waals surface area contributed by atoms with Crippen molar-refractivity contribution in [3.8, 4) is 11.5 Å². The molecule has 6 nitrogen and oxygen atoms in total. The summed E-state index contributed by atoms with van der Waals surface area (Å²) in [6.45, 7) is 2.19. The van der Waals surface area contributed by atoms with Crippen LogP contribution in [-0.4, -0.2) is 25.0 Å². The molecule has 0 aliphatic rings. The SMILES string of the molecule is Cc1ccc(OCC(=O)NNC(=O)c2ccccc2OCCc2ccccc2)cc1. The number of aryl methyl sites for hydroxylation is 1. The van der Waals surface area contributed by atoms with E-state index in [1.165, 1.54) is 0 Å². The summed E-state index contributed by atoms with van der Waals surface area (Å²) >= 11 is 0. The fourth-order valence-electron chi connectivity index (χ4n) is 2.72. The van der Waals surface area contributed by atoms with E-state index in [0.29, 0.717) is 23.7 Å². The number of para-hydroxylation sites is 1. The first-order chi connectivity index (χ1) is 14.6. The molecule has 0 aliphatic heterocycles. The molecule has 0 saturated heterocycles. The van der Waals surface area contributed by atoms with Crippen molar-refractivity contribution in [3.05, 3.63) is 95.6 Å². The van der Waals surface area contributed by atoms with E-state index in [4.69, 9.17) is 9.47 Å². The highest BCUT2D eigenvalue weighted by Crippen LogP contribution is 2.18. The minimum Gasteiger partial charge on any atom is -0.492 e. The second-order valence-electron chi connectivity index (χ2n) is 6.68. The molecule has 2 amide bonds. The maximum Gasteiger partial charge on any atom is 0.276 e. The van der Waals surface area contributed by atoms with Crippen molar-refractivity contribution in [3.63, 3.8) is 0 Å². The van der Waals surface area contributed by atoms with Crippen LogP contribution in [0.4, 0.5) is 0 Å². The van der Waals surface area contributed by atoms with Gasteiger partial charge in [-0.1, -0.05) is 60.2 Å². The van der Waals surface area contributed by atoms with Crippen molar-refractivity contribution in [2.75, 3.05) is 13.2 Å². The van der Waals surface area contributed by atoms with Crippen LogP contribution in [0, 0.1) is 6.92 Å². The van der Waals surface area contributed by atoms with E-state index < -0.39 is 11.8 Å². The maximum absolute atomic E-state index is 12.5. The molecule has 3 aromatic rings. The van der Waals surface area contributed by atoms with E-state index >= 15 is 0 Å². The molecule has 2 N–H and O–H groups in total. The Morgan fingerprint density at radius 3 is 2.27 bits per heavy atom. The van der Waals surface area contributed by atoms with Crippen LogP contribution in [0.5, 0.6) is 11.5 Å². The Kier molecular flexibility index (Phi) is 7.44. The Morgan fingerprint density at radius 2 is 1.50 bits per heavy atom. The molecule has 6 heteroatoms. The first-order valence-corrected chi connectivity index (χ1v) is 9.66. The van der Waals surface area contributed by atoms with Gasteiger partial charge in [-0.05, 0) is 36.8 Å². The first-order valence-electron chi connectivity index (χ1n) is 9.66. The van der Waals surface area contributed by atoms with E-state index in [9.17, 15) is 9.59 Å². The molecule has 0 fully saturated rings. The molecular formula is C24H24N2O4. The topological polar surface area (TPSA) is 76.7 Å². The average Bonchev–Trinajstić information content (AvgIpc) is 2.78. The molecule has 0 radical (unpaired) electrons. The van der Waals surface area contributed by atoms with Gasteiger partial charge in [0.1, 0.15) is 11.5 Å². The quantitative estimate of drug-likeness (QED) is 0.564. The summed E-state index contributed by atoms with van der Waals surface area (Å²) in [5.74, 6) is 0.107. The summed E-state index contributed by atoms with van der Waals surface area (Å²) in [6, 6.07) is 24.2. The molecule has 3 aromatic carbocycles. The molecule has 0 aliphatic carbocycles. The van der Waals surface area contributed by atoms with Crippen LogP contribution in [0.15, 0.2) is 78.9 Å². The highest BCUT2D eigenvalue weighted by Gasteiger charge is 2.13. The van der Waals surface area contributed by atoms with Gasteiger partial charge in [0.2, 0.25) is 0 Å². The molecular weight excluding hydrogens is 380 g/mol. The molecule has 30 heavy (non-hydrogen) atoms. The number of ether oxygens (including phenoxy) is 2. The van der Waals surface area contributed by atoms with Gasteiger partial charge in [0.25, 0.3) is 11.8 Å². The lowest BCUT2D eigenvalue weighted by molar-refractivity contribution is -0.123. The van der Waals surface area contributed by atoms with Crippen molar-refractivity contribution in [1.82, 2.24) is 10.9 Å². The first kappa shape index (κ1) is 20.9. The van der Waals surface area contributed by atoms with Gasteiger partial charge in [-0.15, -0.1) is 0 Å². The molecule has 0 aromatic heterocycles. The van der Waals surface area contributed by atoms with Gasteiger partial charge < -0.3 is 9.47 Å². The molecule has 0 saturated carbocycles. The standard InChI is InChI=1S/C24H24N2O4/c1-18-11-13-20(14-12-18)30-17-23(27)25-26-24(28)21-9-5-6-10-22(21)29-16-15-19-7-3-2-4-8-19/h2-14H,15-17H2,1H3,(H,25,27)(H,26,28). The van der Waals surface area contributed by atoms with E-state index in [1.807, 2.05) is 49.4 Å². The Morgan fingerprint density at radius 1 is 0.800 bits per heavy atom. The molecule has 0 spiro atoms. The average molecular weight is 404 g/mol. The number of amides is 2. The Hall–Kier alpha value is -3.80. The zero-order valence-corrected chi connectivity index (χ0v) is 16.8. The van der Waals surface area contributed by atoms with Gasteiger partial charge in [-0.25, -0.2) is 0 Å². The van der Waals surface area contributed by atoms with Crippen molar-refractivity contribution in [2.45, 2.75) is 13.3 Å². The van der Waals surface area contributed by atoms with Crippen LogP contribution in [0.2, 0.25) is 0 Å². The van der Waals surface area contributed by atoms with Gasteiger partial charge in [-0.3, -0.25) is 20.4 Å². The summed E-state index contributed by atoms with van der Waals surface area (Å²) in [4.78, 5) is 24.4. The highest BCUT2D eigenvalue weighted by atomic mass is 16.5. The number of carbonyl (C=O) groups excluding carboxylic acids is 2. The fourth-order valence-corrected chi connectivity index (χ4v) is 2.72. The highest BCUT2D eigenvalue weighted by molar-refractivity contribution is 5.97. The zero-order chi connectivity index (χ0) is 21.2. The molecule has 0 heterocycles. The summed E-state index contributed by atoms with van der Waals surface area (Å²) in [7, 11) is 0. The summed E-state index contributed by atoms with van der Waals surface area (Å²) < 4.78 is 11.2. The van der Waals surface area contributed by atoms with Gasteiger partial charge in [-0.2, -0.15) is 0 Å². The van der Waals surface area contributed by atoms with E-state index in [2.05, 4.69) is 10.9 Å². The Labute approximate surface area is 175 Å². The van der Waals surface area contributed by atoms with Crippen LogP contribution < -0.4 is 20.3 Å². The van der Waals surface area contributed by atoms with Crippen LogP contribution >= 0.6 is 0 Å². The van der Waals surface area contributed by atoms with Crippen LogP contribution in [-0.2, 0) is 11.2 Å². The lowest BCUT2D eigenvalue weighted by Crippen LogP contribution is -2.43. The Bertz CT molecular complexity index is 972. The van der Waals surface area contributed by atoms with Crippen molar-refractivity contribution < 1.29 is 19.1 Å². The number of benzene rings is 3. The monoisotopic (exact) mass is 404 g/mol. The second-order valence-corrected chi connectivity index (χ2v) is 6.68. The normalized spacial score (nSPS) is 10.2. The van der Waals surface area contributed by atoms with Crippen LogP contribution in [0.25, 0.3) is 0 Å². The molecule has 3 rings (SSSR count). The van der Waals surface area contributed by atoms with Crippen LogP contribution in [0.1, 0.15) is 21.5 Å². The molecule has 154 valence electrons. The smallest absolute Gasteiger partial charge is 0.276 e. The third-order valence-corrected chi connectivity index (χ3v) is 4.33. The fraction of sp³-hybridized carbons (Fsp3) is 0.167. The summed E-state index contributed by atoms with van der Waals surface area (Å²) in [5.41, 5.74) is 7.34. The lowest BCUT2D eigenvalue weighted by Gasteiger charge is -2.12. The predicted molar refractivity (Wildman–Crippen MR) is 114 cm³/mol. The van der Waals surface area contributed by atoms with E-state index in [0.717, 1.165) is 17.5 Å². The van der Waals surface area contributed by atoms with Gasteiger partial charge in [0, 0.05) is 6.42 Å². The summed E-state index contributed by atoms with van der Waals surface area (Å²) in [5, 5.41) is 0. The third kappa shape index (κ3) is 6.38. The summed E-state index contributed by atoms with van der Waals surface area (Å²) in [6.07, 6.45) is 0.726. The number of rotatable bonds is 8.